The van der Waals surface area contributed by atoms with Crippen molar-refractivity contribution < 1.29 is 9.72 Å². The largest absolute Gasteiger partial charge is 0.340 e. The Balaban J connectivity index is 2.61. The number of benzene rings is 1. The molecular formula is C9H10N4O3. The van der Waals surface area contributed by atoms with E-state index >= 15 is 0 Å². The summed E-state index contributed by atoms with van der Waals surface area (Å²) < 4.78 is 0. The second kappa shape index (κ2) is 5.44. The smallest absolute Gasteiger partial charge is 0.334 e. The van der Waals surface area contributed by atoms with Crippen molar-refractivity contribution in [3.05, 3.63) is 39.9 Å². The fraction of sp³-hybridized carbons (Fsp3) is 0.111. The molecule has 16 heavy (non-hydrogen) atoms. The summed E-state index contributed by atoms with van der Waals surface area (Å²) in [6.07, 6.45) is 1.39. The number of urea groups is 1. The standard InChI is InChI=1S/C9H10N4O3/c1-10-9(14)12-11-6-7-2-4-8(5-3-7)13(15)16/h2-6H,1H3,(H2,10,12,14)/b11-6+. The Bertz CT molecular complexity index is 413. The first-order chi connectivity index (χ1) is 7.63. The molecule has 0 aromatic heterocycles. The highest BCUT2D eigenvalue weighted by Crippen LogP contribution is 2.10. The van der Waals surface area contributed by atoms with Crippen LogP contribution in [0.15, 0.2) is 29.4 Å². The summed E-state index contributed by atoms with van der Waals surface area (Å²) in [7, 11) is 1.47. The Labute approximate surface area is 91.3 Å². The molecule has 1 aromatic rings. The number of hydrogen-bond acceptors (Lipinski definition) is 4. The molecule has 84 valence electrons. The molecule has 0 saturated heterocycles. The molecule has 0 heterocycles. The van der Waals surface area contributed by atoms with Gasteiger partial charge in [-0.2, -0.15) is 5.10 Å². The van der Waals surface area contributed by atoms with Crippen LogP contribution in [0.2, 0.25) is 0 Å². The molecule has 0 bridgehead atoms. The van der Waals surface area contributed by atoms with Gasteiger partial charge in [0.15, 0.2) is 0 Å². The SMILES string of the molecule is CNC(=O)N/N=C/c1ccc([N+](=O)[O-])cc1. The molecule has 0 atom stereocenters. The fourth-order valence-corrected chi connectivity index (χ4v) is 0.903. The molecular weight excluding hydrogens is 212 g/mol. The molecule has 0 radical (unpaired) electrons. The van der Waals surface area contributed by atoms with Crippen LogP contribution in [0.3, 0.4) is 0 Å². The molecule has 0 aliphatic carbocycles. The van der Waals surface area contributed by atoms with Gasteiger partial charge in [0.25, 0.3) is 5.69 Å². The lowest BCUT2D eigenvalue weighted by Crippen LogP contribution is -2.28. The number of nitro groups is 1. The molecule has 0 aliphatic heterocycles. The van der Waals surface area contributed by atoms with E-state index in [1.807, 2.05) is 0 Å². The highest BCUT2D eigenvalue weighted by Gasteiger charge is 2.02. The molecule has 7 heteroatoms. The van der Waals surface area contributed by atoms with Gasteiger partial charge in [-0.25, -0.2) is 10.2 Å². The molecule has 7 nitrogen and oxygen atoms in total. The van der Waals surface area contributed by atoms with Crippen LogP contribution in [0, 0.1) is 10.1 Å². The quantitative estimate of drug-likeness (QED) is 0.451. The third-order valence-electron chi connectivity index (χ3n) is 1.71. The fourth-order valence-electron chi connectivity index (χ4n) is 0.903. The van der Waals surface area contributed by atoms with Crippen molar-refractivity contribution in [3.8, 4) is 0 Å². The molecule has 0 saturated carbocycles. The lowest BCUT2D eigenvalue weighted by atomic mass is 10.2. The van der Waals surface area contributed by atoms with Gasteiger partial charge in [-0.3, -0.25) is 10.1 Å². The van der Waals surface area contributed by atoms with E-state index in [4.69, 9.17) is 0 Å². The van der Waals surface area contributed by atoms with Crippen LogP contribution in [0.25, 0.3) is 0 Å². The van der Waals surface area contributed by atoms with Crippen molar-refractivity contribution in [2.45, 2.75) is 0 Å². The number of non-ortho nitro benzene ring substituents is 1. The second-order valence-electron chi connectivity index (χ2n) is 2.80. The minimum absolute atomic E-state index is 0.0106. The van der Waals surface area contributed by atoms with Crippen molar-refractivity contribution >= 4 is 17.9 Å². The van der Waals surface area contributed by atoms with E-state index in [9.17, 15) is 14.9 Å². The normalized spacial score (nSPS) is 10.1. The monoisotopic (exact) mass is 222 g/mol. The molecule has 1 aromatic carbocycles. The number of nitro benzene ring substituents is 1. The van der Waals surface area contributed by atoms with Gasteiger partial charge >= 0.3 is 6.03 Å². The van der Waals surface area contributed by atoms with Gasteiger partial charge in [0.05, 0.1) is 11.1 Å². The first-order valence-electron chi connectivity index (χ1n) is 4.38. The lowest BCUT2D eigenvalue weighted by Gasteiger charge is -1.96. The summed E-state index contributed by atoms with van der Waals surface area (Å²) in [5.41, 5.74) is 2.87. The Hall–Kier alpha value is -2.44. The highest BCUT2D eigenvalue weighted by molar-refractivity contribution is 5.82. The molecule has 1 rings (SSSR count). The van der Waals surface area contributed by atoms with Crippen LogP contribution in [0.5, 0.6) is 0 Å². The number of carbonyl (C=O) groups is 1. The maximum Gasteiger partial charge on any atom is 0.334 e. The van der Waals surface area contributed by atoms with E-state index < -0.39 is 11.0 Å². The van der Waals surface area contributed by atoms with Crippen molar-refractivity contribution in [2.75, 3.05) is 7.05 Å². The Morgan fingerprint density at radius 2 is 2.06 bits per heavy atom. The van der Waals surface area contributed by atoms with Crippen molar-refractivity contribution in [2.24, 2.45) is 5.10 Å². The van der Waals surface area contributed by atoms with Gasteiger partial charge in [-0.1, -0.05) is 0 Å². The van der Waals surface area contributed by atoms with Crippen molar-refractivity contribution in [3.63, 3.8) is 0 Å². The Kier molecular flexibility index (Phi) is 3.96. The summed E-state index contributed by atoms with van der Waals surface area (Å²) in [5, 5.41) is 16.3. The zero-order chi connectivity index (χ0) is 12.0. The number of amides is 2. The number of nitrogens with one attached hydrogen (secondary N) is 2. The average molecular weight is 222 g/mol. The summed E-state index contributed by atoms with van der Waals surface area (Å²) in [6.45, 7) is 0. The van der Waals surface area contributed by atoms with E-state index in [2.05, 4.69) is 15.8 Å². The van der Waals surface area contributed by atoms with E-state index in [1.165, 1.54) is 37.5 Å². The average Bonchev–Trinajstić information content (AvgIpc) is 2.29. The van der Waals surface area contributed by atoms with Gasteiger partial charge in [-0.05, 0) is 17.7 Å². The number of nitrogens with zero attached hydrogens (tertiary/aromatic N) is 2. The molecule has 0 aliphatic rings. The van der Waals surface area contributed by atoms with Crippen LogP contribution < -0.4 is 10.7 Å². The van der Waals surface area contributed by atoms with Crippen LogP contribution in [0.4, 0.5) is 10.5 Å². The first-order valence-corrected chi connectivity index (χ1v) is 4.38. The third kappa shape index (κ3) is 3.37. The van der Waals surface area contributed by atoms with E-state index in [0.29, 0.717) is 5.56 Å². The van der Waals surface area contributed by atoms with Crippen molar-refractivity contribution in [1.82, 2.24) is 10.7 Å². The van der Waals surface area contributed by atoms with E-state index in [-0.39, 0.29) is 5.69 Å². The van der Waals surface area contributed by atoms with E-state index in [0.717, 1.165) is 0 Å². The topological polar surface area (TPSA) is 96.6 Å². The Morgan fingerprint density at radius 3 is 2.56 bits per heavy atom. The third-order valence-corrected chi connectivity index (χ3v) is 1.71. The minimum Gasteiger partial charge on any atom is -0.340 e. The predicted octanol–water partition coefficient (Wildman–Crippen LogP) is 0.858. The highest BCUT2D eigenvalue weighted by atomic mass is 16.6. The molecule has 2 amide bonds. The maximum absolute atomic E-state index is 10.7. The predicted molar refractivity (Wildman–Crippen MR) is 58.3 cm³/mol. The van der Waals surface area contributed by atoms with Crippen LogP contribution in [-0.4, -0.2) is 24.2 Å². The molecule has 0 fully saturated rings. The summed E-state index contributed by atoms with van der Waals surface area (Å²) in [6, 6.07) is 5.36. The summed E-state index contributed by atoms with van der Waals surface area (Å²) in [4.78, 5) is 20.6. The lowest BCUT2D eigenvalue weighted by molar-refractivity contribution is -0.384. The van der Waals surface area contributed by atoms with Crippen LogP contribution >= 0.6 is 0 Å². The number of hydrazone groups is 1. The zero-order valence-corrected chi connectivity index (χ0v) is 8.51. The number of carbonyl (C=O) groups excluding carboxylic acids is 1. The first kappa shape index (κ1) is 11.6. The van der Waals surface area contributed by atoms with Crippen LogP contribution in [0.1, 0.15) is 5.56 Å². The minimum atomic E-state index is -0.482. The van der Waals surface area contributed by atoms with Gasteiger partial charge in [-0.15, -0.1) is 0 Å². The van der Waals surface area contributed by atoms with Gasteiger partial charge in [0.2, 0.25) is 0 Å². The summed E-state index contributed by atoms with van der Waals surface area (Å²) >= 11 is 0. The number of rotatable bonds is 3. The molecule has 0 spiro atoms. The maximum atomic E-state index is 10.7. The van der Waals surface area contributed by atoms with Crippen molar-refractivity contribution in [1.29, 1.82) is 0 Å². The van der Waals surface area contributed by atoms with Crippen LogP contribution in [-0.2, 0) is 0 Å². The molecule has 0 unspecified atom stereocenters. The number of hydrogen-bond donors (Lipinski definition) is 2. The van der Waals surface area contributed by atoms with Gasteiger partial charge in [0.1, 0.15) is 0 Å². The van der Waals surface area contributed by atoms with Gasteiger partial charge in [0, 0.05) is 19.2 Å². The second-order valence-corrected chi connectivity index (χ2v) is 2.80. The van der Waals surface area contributed by atoms with Gasteiger partial charge < -0.3 is 5.32 Å². The van der Waals surface area contributed by atoms with E-state index in [1.54, 1.807) is 0 Å². The zero-order valence-electron chi connectivity index (χ0n) is 8.51. The summed E-state index contributed by atoms with van der Waals surface area (Å²) in [5.74, 6) is 0. The molecule has 2 N–H and O–H groups in total. The Morgan fingerprint density at radius 1 is 1.44 bits per heavy atom.